The highest BCUT2D eigenvalue weighted by atomic mass is 16.3. The molecule has 20 heavy (non-hydrogen) atoms. The number of fused-ring (bicyclic) bond motifs is 1. The van der Waals surface area contributed by atoms with Gasteiger partial charge in [0.2, 0.25) is 5.91 Å². The van der Waals surface area contributed by atoms with E-state index in [1.807, 2.05) is 0 Å². The normalized spacial score (nSPS) is 39.0. The molecule has 3 fully saturated rings. The highest BCUT2D eigenvalue weighted by Gasteiger charge is 2.40. The topological polar surface area (TPSA) is 49.3 Å². The van der Waals surface area contributed by atoms with Crippen molar-refractivity contribution >= 4 is 5.91 Å². The van der Waals surface area contributed by atoms with Gasteiger partial charge in [-0.25, -0.2) is 0 Å². The van der Waals surface area contributed by atoms with Crippen molar-refractivity contribution in [3.05, 3.63) is 0 Å². The molecule has 0 saturated heterocycles. The van der Waals surface area contributed by atoms with Crippen LogP contribution >= 0.6 is 0 Å². The molecule has 0 aliphatic heterocycles. The van der Waals surface area contributed by atoms with E-state index in [1.165, 1.54) is 44.9 Å². The van der Waals surface area contributed by atoms with Crippen LogP contribution in [0.2, 0.25) is 0 Å². The zero-order valence-electron chi connectivity index (χ0n) is 12.5. The minimum Gasteiger partial charge on any atom is -0.392 e. The van der Waals surface area contributed by atoms with E-state index in [1.54, 1.807) is 0 Å². The quantitative estimate of drug-likeness (QED) is 0.816. The summed E-state index contributed by atoms with van der Waals surface area (Å²) in [5, 5.41) is 13.6. The molecule has 114 valence electrons. The van der Waals surface area contributed by atoms with Crippen molar-refractivity contribution in [2.45, 2.75) is 82.8 Å². The molecule has 4 unspecified atom stereocenters. The summed E-state index contributed by atoms with van der Waals surface area (Å²) in [6.45, 7) is 0. The first-order chi connectivity index (χ1) is 9.74. The van der Waals surface area contributed by atoms with Gasteiger partial charge >= 0.3 is 0 Å². The maximum Gasteiger partial charge on any atom is 0.225 e. The van der Waals surface area contributed by atoms with Crippen molar-refractivity contribution in [2.24, 2.45) is 17.8 Å². The van der Waals surface area contributed by atoms with Gasteiger partial charge in [-0.3, -0.25) is 4.79 Å². The van der Waals surface area contributed by atoms with E-state index in [0.717, 1.165) is 25.7 Å². The Kier molecular flexibility index (Phi) is 4.65. The third-order valence-corrected chi connectivity index (χ3v) is 5.92. The average molecular weight is 279 g/mol. The van der Waals surface area contributed by atoms with E-state index < -0.39 is 6.10 Å². The molecule has 3 rings (SSSR count). The molecule has 3 saturated carbocycles. The first kappa shape index (κ1) is 14.4. The third-order valence-electron chi connectivity index (χ3n) is 5.92. The Morgan fingerprint density at radius 3 is 2.15 bits per heavy atom. The lowest BCUT2D eigenvalue weighted by atomic mass is 9.66. The zero-order chi connectivity index (χ0) is 13.9. The number of aliphatic hydroxyl groups is 1. The number of hydrogen-bond acceptors (Lipinski definition) is 2. The lowest BCUT2D eigenvalue weighted by molar-refractivity contribution is -0.134. The summed E-state index contributed by atoms with van der Waals surface area (Å²) in [7, 11) is 0. The monoisotopic (exact) mass is 279 g/mol. The first-order valence-electron chi connectivity index (χ1n) is 8.72. The number of aliphatic hydroxyl groups excluding tert-OH is 1. The molecule has 1 amide bonds. The number of carbonyl (C=O) groups is 1. The number of hydrogen-bond donors (Lipinski definition) is 2. The van der Waals surface area contributed by atoms with Crippen LogP contribution in [0.25, 0.3) is 0 Å². The predicted octanol–water partition coefficient (Wildman–Crippen LogP) is 3.01. The van der Waals surface area contributed by atoms with E-state index in [9.17, 15) is 9.90 Å². The Morgan fingerprint density at radius 2 is 1.45 bits per heavy atom. The van der Waals surface area contributed by atoms with Gasteiger partial charge < -0.3 is 10.4 Å². The van der Waals surface area contributed by atoms with Crippen LogP contribution in [0.5, 0.6) is 0 Å². The van der Waals surface area contributed by atoms with Crippen LogP contribution in [0, 0.1) is 17.8 Å². The van der Waals surface area contributed by atoms with Gasteiger partial charge in [0.1, 0.15) is 0 Å². The SMILES string of the molecule is O=C(NC1CCCCC1)C1CC2CCCCC2CC1O. The van der Waals surface area contributed by atoms with Crippen LogP contribution in [0.15, 0.2) is 0 Å². The Hall–Kier alpha value is -0.570. The number of rotatable bonds is 2. The van der Waals surface area contributed by atoms with Crippen molar-refractivity contribution in [1.29, 1.82) is 0 Å². The second kappa shape index (κ2) is 6.46. The number of nitrogens with one attached hydrogen (secondary N) is 1. The van der Waals surface area contributed by atoms with Gasteiger partial charge in [0.05, 0.1) is 12.0 Å². The maximum atomic E-state index is 12.5. The Morgan fingerprint density at radius 1 is 0.850 bits per heavy atom. The average Bonchev–Trinajstić information content (AvgIpc) is 2.47. The van der Waals surface area contributed by atoms with E-state index >= 15 is 0 Å². The van der Waals surface area contributed by atoms with Gasteiger partial charge in [-0.15, -0.1) is 0 Å². The summed E-state index contributed by atoms with van der Waals surface area (Å²) < 4.78 is 0. The summed E-state index contributed by atoms with van der Waals surface area (Å²) in [4.78, 5) is 12.5. The van der Waals surface area contributed by atoms with Crippen LogP contribution in [-0.2, 0) is 4.79 Å². The first-order valence-corrected chi connectivity index (χ1v) is 8.72. The van der Waals surface area contributed by atoms with Gasteiger partial charge in [-0.1, -0.05) is 44.9 Å². The molecule has 0 spiro atoms. The van der Waals surface area contributed by atoms with Gasteiger partial charge in [0.25, 0.3) is 0 Å². The van der Waals surface area contributed by atoms with Crippen molar-refractivity contribution in [2.75, 3.05) is 0 Å². The van der Waals surface area contributed by atoms with Gasteiger partial charge in [-0.2, -0.15) is 0 Å². The molecule has 0 bridgehead atoms. The standard InChI is InChI=1S/C17H29NO2/c19-16-11-13-7-5-4-6-12(13)10-15(16)17(20)18-14-8-2-1-3-9-14/h12-16,19H,1-11H2,(H,18,20). The molecule has 0 aromatic carbocycles. The fourth-order valence-electron chi connectivity index (χ4n) is 4.70. The van der Waals surface area contributed by atoms with E-state index in [4.69, 9.17) is 0 Å². The second-order valence-electron chi connectivity index (χ2n) is 7.29. The molecule has 0 heterocycles. The number of carbonyl (C=O) groups excluding carboxylic acids is 1. The lowest BCUT2D eigenvalue weighted by Crippen LogP contribution is -2.48. The molecule has 3 aliphatic rings. The molecule has 3 heteroatoms. The molecule has 3 aliphatic carbocycles. The lowest BCUT2D eigenvalue weighted by Gasteiger charge is -2.41. The molecular weight excluding hydrogens is 250 g/mol. The minimum absolute atomic E-state index is 0.133. The molecule has 0 aromatic rings. The Bertz CT molecular complexity index is 338. The zero-order valence-corrected chi connectivity index (χ0v) is 12.5. The fourth-order valence-corrected chi connectivity index (χ4v) is 4.70. The van der Waals surface area contributed by atoms with Gasteiger partial charge in [0, 0.05) is 6.04 Å². The smallest absolute Gasteiger partial charge is 0.225 e. The van der Waals surface area contributed by atoms with Crippen molar-refractivity contribution in [1.82, 2.24) is 5.32 Å². The third kappa shape index (κ3) is 3.19. The van der Waals surface area contributed by atoms with Gasteiger partial charge in [-0.05, 0) is 37.5 Å². The van der Waals surface area contributed by atoms with Crippen molar-refractivity contribution < 1.29 is 9.90 Å². The summed E-state index contributed by atoms with van der Waals surface area (Å²) in [6, 6.07) is 0.368. The molecular formula is C17H29NO2. The van der Waals surface area contributed by atoms with E-state index in [-0.39, 0.29) is 11.8 Å². The van der Waals surface area contributed by atoms with Crippen LogP contribution in [0.4, 0.5) is 0 Å². The van der Waals surface area contributed by atoms with Crippen LogP contribution < -0.4 is 5.32 Å². The minimum atomic E-state index is -0.405. The molecule has 0 aromatic heterocycles. The Balaban J connectivity index is 1.56. The largest absolute Gasteiger partial charge is 0.392 e. The number of amides is 1. The van der Waals surface area contributed by atoms with Crippen LogP contribution in [-0.4, -0.2) is 23.2 Å². The van der Waals surface area contributed by atoms with E-state index in [0.29, 0.717) is 17.9 Å². The summed E-state index contributed by atoms with van der Waals surface area (Å²) in [5.74, 6) is 1.36. The molecule has 2 N–H and O–H groups in total. The van der Waals surface area contributed by atoms with Crippen LogP contribution in [0.3, 0.4) is 0 Å². The molecule has 4 atom stereocenters. The molecule has 0 radical (unpaired) electrons. The van der Waals surface area contributed by atoms with Crippen molar-refractivity contribution in [3.8, 4) is 0 Å². The summed E-state index contributed by atoms with van der Waals surface area (Å²) in [6.07, 6.45) is 12.6. The second-order valence-corrected chi connectivity index (χ2v) is 7.29. The van der Waals surface area contributed by atoms with Crippen LogP contribution in [0.1, 0.15) is 70.6 Å². The highest BCUT2D eigenvalue weighted by Crippen LogP contribution is 2.42. The highest BCUT2D eigenvalue weighted by molar-refractivity contribution is 5.79. The molecule has 3 nitrogen and oxygen atoms in total. The van der Waals surface area contributed by atoms with Crippen molar-refractivity contribution in [3.63, 3.8) is 0 Å². The predicted molar refractivity (Wildman–Crippen MR) is 79.2 cm³/mol. The Labute approximate surface area is 122 Å². The summed E-state index contributed by atoms with van der Waals surface area (Å²) in [5.41, 5.74) is 0. The van der Waals surface area contributed by atoms with E-state index in [2.05, 4.69) is 5.32 Å². The summed E-state index contributed by atoms with van der Waals surface area (Å²) >= 11 is 0. The van der Waals surface area contributed by atoms with Gasteiger partial charge in [0.15, 0.2) is 0 Å². The maximum absolute atomic E-state index is 12.5. The fraction of sp³-hybridized carbons (Fsp3) is 0.941.